The van der Waals surface area contributed by atoms with Crippen LogP contribution >= 0.6 is 0 Å². The van der Waals surface area contributed by atoms with Crippen LogP contribution in [-0.2, 0) is 20.8 Å². The molecule has 0 bridgehead atoms. The molecule has 0 aromatic heterocycles. The monoisotopic (exact) mass is 390 g/mol. The number of rotatable bonds is 6. The first kappa shape index (κ1) is 19.9. The second kappa shape index (κ2) is 9.38. The molecule has 0 aliphatic carbocycles. The van der Waals surface area contributed by atoms with Gasteiger partial charge in [-0.15, -0.1) is 0 Å². The van der Waals surface area contributed by atoms with Gasteiger partial charge in [0.2, 0.25) is 0 Å². The molecule has 2 aromatic carbocycles. The zero-order valence-corrected chi connectivity index (χ0v) is 15.1. The van der Waals surface area contributed by atoms with E-state index in [4.69, 9.17) is 9.47 Å². The minimum atomic E-state index is -0.781. The van der Waals surface area contributed by atoms with Crippen molar-refractivity contribution in [1.82, 2.24) is 4.90 Å². The fourth-order valence-corrected chi connectivity index (χ4v) is 2.76. The maximum atomic E-state index is 13.5. The molecular weight excluding hydrogens is 370 g/mol. The molecule has 0 atom stereocenters. The van der Waals surface area contributed by atoms with Crippen molar-refractivity contribution >= 4 is 17.6 Å². The third kappa shape index (κ3) is 5.58. The number of hydrogen-bond donors (Lipinski definition) is 1. The van der Waals surface area contributed by atoms with Gasteiger partial charge in [0.25, 0.3) is 5.91 Å². The van der Waals surface area contributed by atoms with Crippen LogP contribution < -0.4 is 5.32 Å². The van der Waals surface area contributed by atoms with E-state index < -0.39 is 30.1 Å². The summed E-state index contributed by atoms with van der Waals surface area (Å²) in [6.07, 6.45) is 0. The van der Waals surface area contributed by atoms with Crippen LogP contribution in [0.4, 0.5) is 14.5 Å². The number of hydrogen-bond acceptors (Lipinski definition) is 5. The number of benzene rings is 2. The number of esters is 1. The maximum Gasteiger partial charge on any atom is 0.338 e. The molecular formula is C20H20F2N2O4. The van der Waals surface area contributed by atoms with Gasteiger partial charge in [-0.3, -0.25) is 9.69 Å². The standard InChI is InChI=1S/C20H20F2N2O4/c21-16-5-6-17(22)18(11-16)23-19(25)13-28-20(26)15-3-1-14(2-4-15)12-24-7-9-27-10-8-24/h1-6,11H,7-10,12-13H2,(H,23,25). The highest BCUT2D eigenvalue weighted by atomic mass is 19.1. The van der Waals surface area contributed by atoms with E-state index >= 15 is 0 Å². The number of halogens is 2. The van der Waals surface area contributed by atoms with Crippen LogP contribution in [0.2, 0.25) is 0 Å². The van der Waals surface area contributed by atoms with E-state index in [1.165, 1.54) is 0 Å². The average Bonchev–Trinajstić information content (AvgIpc) is 2.70. The van der Waals surface area contributed by atoms with Gasteiger partial charge < -0.3 is 14.8 Å². The number of morpholine rings is 1. The van der Waals surface area contributed by atoms with Crippen LogP contribution in [0.1, 0.15) is 15.9 Å². The smallest absolute Gasteiger partial charge is 0.338 e. The minimum Gasteiger partial charge on any atom is -0.452 e. The van der Waals surface area contributed by atoms with E-state index in [1.54, 1.807) is 12.1 Å². The quantitative estimate of drug-likeness (QED) is 0.768. The predicted octanol–water partition coefficient (Wildman–Crippen LogP) is 2.59. The van der Waals surface area contributed by atoms with Crippen molar-refractivity contribution in [3.8, 4) is 0 Å². The summed E-state index contributed by atoms with van der Waals surface area (Å²) in [6.45, 7) is 3.32. The van der Waals surface area contributed by atoms with Crippen LogP contribution in [0.15, 0.2) is 42.5 Å². The number of amides is 1. The van der Waals surface area contributed by atoms with E-state index in [2.05, 4.69) is 10.2 Å². The Kier molecular flexibility index (Phi) is 6.67. The number of nitrogens with zero attached hydrogens (tertiary/aromatic N) is 1. The summed E-state index contributed by atoms with van der Waals surface area (Å²) in [6, 6.07) is 9.60. The average molecular weight is 390 g/mol. The fraction of sp³-hybridized carbons (Fsp3) is 0.300. The van der Waals surface area contributed by atoms with E-state index in [0.717, 1.165) is 43.4 Å². The van der Waals surface area contributed by atoms with Crippen LogP contribution in [0.5, 0.6) is 0 Å². The lowest BCUT2D eigenvalue weighted by Crippen LogP contribution is -2.35. The maximum absolute atomic E-state index is 13.5. The first-order valence-corrected chi connectivity index (χ1v) is 8.82. The zero-order chi connectivity index (χ0) is 19.9. The largest absolute Gasteiger partial charge is 0.452 e. The van der Waals surface area contributed by atoms with Crippen molar-refractivity contribution in [2.24, 2.45) is 0 Å². The summed E-state index contributed by atoms with van der Waals surface area (Å²) >= 11 is 0. The van der Waals surface area contributed by atoms with E-state index in [-0.39, 0.29) is 5.69 Å². The third-order valence-electron chi connectivity index (χ3n) is 4.24. The van der Waals surface area contributed by atoms with Crippen LogP contribution in [-0.4, -0.2) is 49.7 Å². The molecule has 0 unspecified atom stereocenters. The van der Waals surface area contributed by atoms with Gasteiger partial charge in [-0.1, -0.05) is 12.1 Å². The number of ether oxygens (including phenoxy) is 2. The lowest BCUT2D eigenvalue weighted by atomic mass is 10.1. The lowest BCUT2D eigenvalue weighted by Gasteiger charge is -2.26. The first-order chi connectivity index (χ1) is 13.5. The minimum absolute atomic E-state index is 0.301. The van der Waals surface area contributed by atoms with E-state index in [1.807, 2.05) is 12.1 Å². The second-order valence-corrected chi connectivity index (χ2v) is 6.33. The van der Waals surface area contributed by atoms with Crippen LogP contribution in [0.25, 0.3) is 0 Å². The SMILES string of the molecule is O=C(COC(=O)c1ccc(CN2CCOCC2)cc1)Nc1cc(F)ccc1F. The van der Waals surface area contributed by atoms with Gasteiger partial charge in [-0.2, -0.15) is 0 Å². The number of carbonyl (C=O) groups excluding carboxylic acids is 2. The Labute approximate surface area is 161 Å². The normalized spacial score (nSPS) is 14.5. The Morgan fingerprint density at radius 2 is 1.79 bits per heavy atom. The van der Waals surface area contributed by atoms with Gasteiger partial charge in [0.05, 0.1) is 24.5 Å². The molecule has 1 N–H and O–H groups in total. The van der Waals surface area contributed by atoms with Gasteiger partial charge in [-0.25, -0.2) is 13.6 Å². The Morgan fingerprint density at radius 1 is 1.07 bits per heavy atom. The molecule has 148 valence electrons. The molecule has 1 amide bonds. The molecule has 1 heterocycles. The van der Waals surface area contributed by atoms with E-state index in [9.17, 15) is 18.4 Å². The van der Waals surface area contributed by atoms with Crippen LogP contribution in [0.3, 0.4) is 0 Å². The Bertz CT molecular complexity index is 837. The van der Waals surface area contributed by atoms with Crippen molar-refractivity contribution in [3.63, 3.8) is 0 Å². The van der Waals surface area contributed by atoms with E-state index in [0.29, 0.717) is 18.8 Å². The fourth-order valence-electron chi connectivity index (χ4n) is 2.76. The third-order valence-corrected chi connectivity index (χ3v) is 4.24. The molecule has 3 rings (SSSR count). The van der Waals surface area contributed by atoms with Gasteiger partial charge in [0, 0.05) is 25.7 Å². The van der Waals surface area contributed by atoms with Crippen LogP contribution in [0, 0.1) is 11.6 Å². The van der Waals surface area contributed by atoms with Gasteiger partial charge >= 0.3 is 5.97 Å². The molecule has 0 saturated carbocycles. The van der Waals surface area contributed by atoms with Gasteiger partial charge in [-0.05, 0) is 29.8 Å². The summed E-state index contributed by atoms with van der Waals surface area (Å²) in [5.41, 5.74) is 1.04. The Hall–Kier alpha value is -2.84. The molecule has 1 aliphatic rings. The van der Waals surface area contributed by atoms with Crippen molar-refractivity contribution in [2.75, 3.05) is 38.2 Å². The molecule has 6 nitrogen and oxygen atoms in total. The van der Waals surface area contributed by atoms with Crippen molar-refractivity contribution < 1.29 is 27.8 Å². The highest BCUT2D eigenvalue weighted by Crippen LogP contribution is 2.15. The van der Waals surface area contributed by atoms with Crippen molar-refractivity contribution in [2.45, 2.75) is 6.54 Å². The molecule has 0 spiro atoms. The summed E-state index contributed by atoms with van der Waals surface area (Å²) in [5.74, 6) is -2.91. The zero-order valence-electron chi connectivity index (χ0n) is 15.1. The highest BCUT2D eigenvalue weighted by molar-refractivity contribution is 5.95. The number of nitrogens with one attached hydrogen (secondary N) is 1. The molecule has 28 heavy (non-hydrogen) atoms. The number of carbonyl (C=O) groups is 2. The van der Waals surface area contributed by atoms with Gasteiger partial charge in [0.1, 0.15) is 11.6 Å². The number of anilines is 1. The van der Waals surface area contributed by atoms with Crippen molar-refractivity contribution in [3.05, 3.63) is 65.2 Å². The topological polar surface area (TPSA) is 67.9 Å². The highest BCUT2D eigenvalue weighted by Gasteiger charge is 2.14. The molecule has 1 saturated heterocycles. The molecule has 1 aliphatic heterocycles. The molecule has 8 heteroatoms. The Morgan fingerprint density at radius 3 is 2.50 bits per heavy atom. The summed E-state index contributed by atoms with van der Waals surface area (Å²) in [5, 5.41) is 2.17. The first-order valence-electron chi connectivity index (χ1n) is 8.82. The summed E-state index contributed by atoms with van der Waals surface area (Å²) in [4.78, 5) is 26.1. The van der Waals surface area contributed by atoms with Crippen molar-refractivity contribution in [1.29, 1.82) is 0 Å². The second-order valence-electron chi connectivity index (χ2n) is 6.33. The molecule has 0 radical (unpaired) electrons. The lowest BCUT2D eigenvalue weighted by molar-refractivity contribution is -0.119. The molecule has 2 aromatic rings. The van der Waals surface area contributed by atoms with Gasteiger partial charge in [0.15, 0.2) is 6.61 Å². The summed E-state index contributed by atoms with van der Waals surface area (Å²) < 4.78 is 36.8. The Balaban J connectivity index is 1.48. The predicted molar refractivity (Wildman–Crippen MR) is 97.8 cm³/mol. The molecule has 1 fully saturated rings. The summed E-state index contributed by atoms with van der Waals surface area (Å²) in [7, 11) is 0.